The predicted octanol–water partition coefficient (Wildman–Crippen LogP) is 2.02. The molecule has 0 rings (SSSR count). The maximum Gasteiger partial charge on any atom is 0.320 e. The molecule has 2 unspecified atom stereocenters. The molecule has 0 aromatic rings. The van der Waals surface area contributed by atoms with E-state index in [1.54, 1.807) is 0 Å². The molecule has 0 amide bonds. The van der Waals surface area contributed by atoms with Gasteiger partial charge in [-0.25, -0.2) is 0 Å². The molecule has 0 aliphatic carbocycles. The number of aliphatic hydroxyl groups excluding tert-OH is 1. The third-order valence-electron chi connectivity index (χ3n) is 2.59. The van der Waals surface area contributed by atoms with Crippen LogP contribution in [0.4, 0.5) is 0 Å². The number of carboxylic acids is 1. The Morgan fingerprint density at radius 1 is 1.35 bits per heavy atom. The Bertz CT molecular complexity index is 223. The van der Waals surface area contributed by atoms with E-state index in [2.05, 4.69) is 26.1 Å². The number of rotatable bonds is 8. The van der Waals surface area contributed by atoms with Gasteiger partial charge in [-0.1, -0.05) is 40.5 Å². The first kappa shape index (κ1) is 16.4. The van der Waals surface area contributed by atoms with Gasteiger partial charge in [-0.3, -0.25) is 4.79 Å². The quantitative estimate of drug-likeness (QED) is 0.612. The van der Waals surface area contributed by atoms with Gasteiger partial charge in [-0.2, -0.15) is 0 Å². The number of aliphatic hydroxyl groups is 1. The maximum absolute atomic E-state index is 11.0. The molecule has 0 aromatic heterocycles. The summed E-state index contributed by atoms with van der Waals surface area (Å²) in [6.07, 6.45) is 2.67. The van der Waals surface area contributed by atoms with Gasteiger partial charge in [0.25, 0.3) is 0 Å². The summed E-state index contributed by atoms with van der Waals surface area (Å²) in [5.74, 6) is -0.832. The van der Waals surface area contributed by atoms with Gasteiger partial charge in [0.05, 0.1) is 6.10 Å². The van der Waals surface area contributed by atoms with Crippen molar-refractivity contribution in [1.82, 2.24) is 5.32 Å². The van der Waals surface area contributed by atoms with Crippen molar-refractivity contribution in [1.29, 1.82) is 0 Å². The molecule has 2 atom stereocenters. The highest BCUT2D eigenvalue weighted by molar-refractivity contribution is 5.73. The molecule has 0 radical (unpaired) electrons. The average molecular weight is 245 g/mol. The van der Waals surface area contributed by atoms with E-state index in [1.807, 2.05) is 6.92 Å². The van der Waals surface area contributed by atoms with Crippen LogP contribution in [0.1, 0.15) is 53.4 Å². The van der Waals surface area contributed by atoms with E-state index in [9.17, 15) is 9.90 Å². The van der Waals surface area contributed by atoms with Crippen LogP contribution < -0.4 is 5.32 Å². The van der Waals surface area contributed by atoms with Crippen LogP contribution in [0, 0.1) is 5.41 Å². The van der Waals surface area contributed by atoms with Gasteiger partial charge in [0, 0.05) is 6.54 Å². The summed E-state index contributed by atoms with van der Waals surface area (Å²) in [5.41, 5.74) is 0.0588. The van der Waals surface area contributed by atoms with Crippen LogP contribution in [0.25, 0.3) is 0 Å². The minimum atomic E-state index is -0.832. The van der Waals surface area contributed by atoms with Crippen LogP contribution in [-0.4, -0.2) is 34.9 Å². The van der Waals surface area contributed by atoms with Crippen molar-refractivity contribution in [3.8, 4) is 0 Å². The second kappa shape index (κ2) is 7.67. The second-order valence-electron chi connectivity index (χ2n) is 5.86. The summed E-state index contributed by atoms with van der Waals surface area (Å²) in [5, 5.41) is 21.7. The lowest BCUT2D eigenvalue weighted by molar-refractivity contribution is -0.139. The first-order valence-electron chi connectivity index (χ1n) is 6.40. The number of aliphatic carboxylic acids is 1. The zero-order valence-electron chi connectivity index (χ0n) is 11.5. The molecule has 0 bridgehead atoms. The van der Waals surface area contributed by atoms with Crippen molar-refractivity contribution in [3.63, 3.8) is 0 Å². The molecular weight excluding hydrogens is 218 g/mol. The fourth-order valence-corrected chi connectivity index (χ4v) is 1.78. The number of nitrogens with one attached hydrogen (secondary N) is 1. The standard InChI is InChI=1S/C13H27NO3/c1-5-6-7-11(12(16)17)14-9-10(15)8-13(2,3)4/h10-11,14-15H,5-9H2,1-4H3,(H,16,17). The van der Waals surface area contributed by atoms with Crippen LogP contribution in [0.15, 0.2) is 0 Å². The Labute approximate surface area is 104 Å². The third-order valence-corrected chi connectivity index (χ3v) is 2.59. The number of unbranched alkanes of at least 4 members (excludes halogenated alkanes) is 1. The maximum atomic E-state index is 11.0. The molecule has 0 aliphatic rings. The smallest absolute Gasteiger partial charge is 0.320 e. The van der Waals surface area contributed by atoms with Crippen molar-refractivity contribution in [2.24, 2.45) is 5.41 Å². The van der Waals surface area contributed by atoms with E-state index < -0.39 is 18.1 Å². The van der Waals surface area contributed by atoms with Crippen molar-refractivity contribution in [2.75, 3.05) is 6.54 Å². The van der Waals surface area contributed by atoms with Crippen LogP contribution in [0.3, 0.4) is 0 Å². The van der Waals surface area contributed by atoms with Crippen molar-refractivity contribution in [2.45, 2.75) is 65.5 Å². The molecule has 17 heavy (non-hydrogen) atoms. The SMILES string of the molecule is CCCCC(NCC(O)CC(C)(C)C)C(=O)O. The molecule has 4 heteroatoms. The summed E-state index contributed by atoms with van der Waals surface area (Å²) < 4.78 is 0. The van der Waals surface area contributed by atoms with E-state index in [0.29, 0.717) is 19.4 Å². The zero-order valence-corrected chi connectivity index (χ0v) is 11.5. The van der Waals surface area contributed by atoms with Crippen LogP contribution >= 0.6 is 0 Å². The Kier molecular flexibility index (Phi) is 7.39. The Hall–Kier alpha value is -0.610. The van der Waals surface area contributed by atoms with Gasteiger partial charge in [0.2, 0.25) is 0 Å². The van der Waals surface area contributed by atoms with E-state index in [0.717, 1.165) is 12.8 Å². The van der Waals surface area contributed by atoms with Crippen molar-refractivity contribution >= 4 is 5.97 Å². The van der Waals surface area contributed by atoms with Gasteiger partial charge in [-0.15, -0.1) is 0 Å². The minimum absolute atomic E-state index is 0.0588. The van der Waals surface area contributed by atoms with Crippen LogP contribution in [0.2, 0.25) is 0 Å². The summed E-state index contributed by atoms with van der Waals surface area (Å²) in [7, 11) is 0. The molecule has 0 spiro atoms. The average Bonchev–Trinajstić information content (AvgIpc) is 2.14. The summed E-state index contributed by atoms with van der Waals surface area (Å²) in [4.78, 5) is 11.0. The number of hydrogen-bond acceptors (Lipinski definition) is 3. The molecular formula is C13H27NO3. The highest BCUT2D eigenvalue weighted by Crippen LogP contribution is 2.20. The fourth-order valence-electron chi connectivity index (χ4n) is 1.78. The minimum Gasteiger partial charge on any atom is -0.480 e. The number of carbonyl (C=O) groups is 1. The topological polar surface area (TPSA) is 69.6 Å². The highest BCUT2D eigenvalue weighted by atomic mass is 16.4. The highest BCUT2D eigenvalue weighted by Gasteiger charge is 2.20. The number of hydrogen-bond donors (Lipinski definition) is 3. The molecule has 4 nitrogen and oxygen atoms in total. The summed E-state index contributed by atoms with van der Waals surface area (Å²) in [6, 6.07) is -0.537. The number of carboxylic acid groups (broad SMARTS) is 1. The predicted molar refractivity (Wildman–Crippen MR) is 69.0 cm³/mol. The van der Waals surface area contributed by atoms with Gasteiger partial charge < -0.3 is 15.5 Å². The molecule has 0 aromatic carbocycles. The summed E-state index contributed by atoms with van der Waals surface area (Å²) in [6.45, 7) is 8.55. The van der Waals surface area contributed by atoms with E-state index in [4.69, 9.17) is 5.11 Å². The van der Waals surface area contributed by atoms with E-state index in [1.165, 1.54) is 0 Å². The largest absolute Gasteiger partial charge is 0.480 e. The molecule has 0 heterocycles. The Balaban J connectivity index is 3.99. The van der Waals surface area contributed by atoms with Gasteiger partial charge in [-0.05, 0) is 18.3 Å². The summed E-state index contributed by atoms with van der Waals surface area (Å²) >= 11 is 0. The van der Waals surface area contributed by atoms with Crippen molar-refractivity contribution in [3.05, 3.63) is 0 Å². The Morgan fingerprint density at radius 3 is 2.35 bits per heavy atom. The van der Waals surface area contributed by atoms with Crippen LogP contribution in [-0.2, 0) is 4.79 Å². The van der Waals surface area contributed by atoms with Crippen LogP contribution in [0.5, 0.6) is 0 Å². The first-order chi connectivity index (χ1) is 7.76. The van der Waals surface area contributed by atoms with Gasteiger partial charge in [0.15, 0.2) is 0 Å². The normalized spacial score (nSPS) is 15.6. The zero-order chi connectivity index (χ0) is 13.5. The molecule has 0 fully saturated rings. The monoisotopic (exact) mass is 245 g/mol. The van der Waals surface area contributed by atoms with Gasteiger partial charge in [0.1, 0.15) is 6.04 Å². The first-order valence-corrected chi connectivity index (χ1v) is 6.40. The lowest BCUT2D eigenvalue weighted by atomic mass is 9.89. The molecule has 0 saturated carbocycles. The lowest BCUT2D eigenvalue weighted by Crippen LogP contribution is -2.41. The lowest BCUT2D eigenvalue weighted by Gasteiger charge is -2.24. The van der Waals surface area contributed by atoms with Crippen molar-refractivity contribution < 1.29 is 15.0 Å². The molecule has 0 saturated heterocycles. The third kappa shape index (κ3) is 9.12. The van der Waals surface area contributed by atoms with E-state index in [-0.39, 0.29) is 5.41 Å². The van der Waals surface area contributed by atoms with E-state index >= 15 is 0 Å². The Morgan fingerprint density at radius 2 is 1.94 bits per heavy atom. The second-order valence-corrected chi connectivity index (χ2v) is 5.86. The van der Waals surface area contributed by atoms with Gasteiger partial charge >= 0.3 is 5.97 Å². The molecule has 102 valence electrons. The molecule has 3 N–H and O–H groups in total. The molecule has 0 aliphatic heterocycles. The fraction of sp³-hybridized carbons (Fsp3) is 0.923.